The number of hydrogen-bond donors (Lipinski definition) is 1. The van der Waals surface area contributed by atoms with Crippen molar-refractivity contribution in [1.29, 1.82) is 0 Å². The van der Waals surface area contributed by atoms with Crippen LogP contribution in [0.2, 0.25) is 0 Å². The lowest BCUT2D eigenvalue weighted by Crippen LogP contribution is -2.23. The van der Waals surface area contributed by atoms with Gasteiger partial charge in [0.2, 0.25) is 0 Å². The Labute approximate surface area is 149 Å². The first-order valence-corrected chi connectivity index (χ1v) is 9.90. The Hall–Kier alpha value is -1.06. The molecule has 0 fully saturated rings. The van der Waals surface area contributed by atoms with Crippen LogP contribution in [-0.2, 0) is 14.3 Å². The molecule has 24 heavy (non-hydrogen) atoms. The average Bonchev–Trinajstić information content (AvgIpc) is 2.58. The molecule has 0 rings (SSSR count). The molecular weight excluding hydrogens is 304 g/mol. The molecule has 0 aliphatic carbocycles. The van der Waals surface area contributed by atoms with E-state index in [2.05, 4.69) is 20.8 Å². The summed E-state index contributed by atoms with van der Waals surface area (Å²) in [5, 5.41) is 8.63. The molecule has 0 saturated heterocycles. The molecular formula is C20H40O4. The maximum Gasteiger partial charge on any atom is 0.320 e. The van der Waals surface area contributed by atoms with E-state index in [1.54, 1.807) is 0 Å². The minimum atomic E-state index is -1.13. The predicted molar refractivity (Wildman–Crippen MR) is 100 cm³/mol. The lowest BCUT2D eigenvalue weighted by atomic mass is 10.1. The molecule has 4 heteroatoms. The second kappa shape index (κ2) is 20.0. The van der Waals surface area contributed by atoms with Crippen molar-refractivity contribution < 1.29 is 19.4 Å². The molecule has 0 spiro atoms. The molecule has 0 aliphatic rings. The smallest absolute Gasteiger partial charge is 0.320 e. The molecule has 0 aliphatic heterocycles. The maximum absolute atomic E-state index is 11.2. The van der Waals surface area contributed by atoms with E-state index in [1.807, 2.05) is 0 Å². The number of hydrogen-bond acceptors (Lipinski definition) is 3. The zero-order valence-electron chi connectivity index (χ0n) is 16.4. The number of carbonyl (C=O) groups is 2. The van der Waals surface area contributed by atoms with Crippen LogP contribution >= 0.6 is 0 Å². The SMILES string of the molecule is CCCC.CCCCCCCCCCCCOC(=O)C(C)C(=O)O. The van der Waals surface area contributed by atoms with Crippen molar-refractivity contribution in [2.75, 3.05) is 6.61 Å². The van der Waals surface area contributed by atoms with Gasteiger partial charge in [-0.25, -0.2) is 0 Å². The number of aliphatic carboxylic acids is 1. The summed E-state index contributed by atoms with van der Waals surface area (Å²) in [6.07, 6.45) is 14.9. The average molecular weight is 345 g/mol. The van der Waals surface area contributed by atoms with Crippen LogP contribution in [0.25, 0.3) is 0 Å². The van der Waals surface area contributed by atoms with Gasteiger partial charge in [-0.2, -0.15) is 0 Å². The lowest BCUT2D eigenvalue weighted by molar-refractivity contribution is -0.157. The first-order valence-electron chi connectivity index (χ1n) is 9.90. The summed E-state index contributed by atoms with van der Waals surface area (Å²) in [5.41, 5.74) is 0. The number of esters is 1. The fraction of sp³-hybridized carbons (Fsp3) is 0.900. The number of carbonyl (C=O) groups excluding carboxylic acids is 1. The van der Waals surface area contributed by atoms with Gasteiger partial charge in [0.05, 0.1) is 6.61 Å². The van der Waals surface area contributed by atoms with Crippen LogP contribution in [0.4, 0.5) is 0 Å². The topological polar surface area (TPSA) is 63.6 Å². The lowest BCUT2D eigenvalue weighted by Gasteiger charge is -2.07. The summed E-state index contributed by atoms with van der Waals surface area (Å²) >= 11 is 0. The summed E-state index contributed by atoms with van der Waals surface area (Å²) in [5.74, 6) is -2.82. The summed E-state index contributed by atoms with van der Waals surface area (Å²) < 4.78 is 4.92. The number of carboxylic acid groups (broad SMARTS) is 1. The van der Waals surface area contributed by atoms with Crippen molar-refractivity contribution in [2.45, 2.75) is 105 Å². The molecule has 0 aromatic heterocycles. The van der Waals surface area contributed by atoms with Gasteiger partial charge in [-0.1, -0.05) is 91.4 Å². The Morgan fingerprint density at radius 2 is 1.17 bits per heavy atom. The molecule has 0 radical (unpaired) electrons. The zero-order chi connectivity index (χ0) is 18.6. The second-order valence-corrected chi connectivity index (χ2v) is 6.41. The Bertz CT molecular complexity index is 287. The van der Waals surface area contributed by atoms with Crippen molar-refractivity contribution in [2.24, 2.45) is 5.92 Å². The highest BCUT2D eigenvalue weighted by Crippen LogP contribution is 2.10. The molecule has 1 atom stereocenters. The van der Waals surface area contributed by atoms with E-state index >= 15 is 0 Å². The summed E-state index contributed by atoms with van der Waals surface area (Å²) in [6.45, 7) is 8.28. The predicted octanol–water partition coefficient (Wildman–Crippen LogP) is 5.98. The van der Waals surface area contributed by atoms with E-state index in [-0.39, 0.29) is 0 Å². The quantitative estimate of drug-likeness (QED) is 0.239. The monoisotopic (exact) mass is 344 g/mol. The van der Waals surface area contributed by atoms with E-state index in [4.69, 9.17) is 9.84 Å². The Morgan fingerprint density at radius 1 is 0.750 bits per heavy atom. The molecule has 0 amide bonds. The van der Waals surface area contributed by atoms with Crippen LogP contribution in [0, 0.1) is 5.92 Å². The third kappa shape index (κ3) is 19.0. The third-order valence-corrected chi connectivity index (χ3v) is 3.97. The van der Waals surface area contributed by atoms with E-state index in [0.717, 1.165) is 12.8 Å². The molecule has 0 heterocycles. The summed E-state index contributed by atoms with van der Waals surface area (Å²) in [6, 6.07) is 0. The molecule has 1 unspecified atom stereocenters. The van der Waals surface area contributed by atoms with E-state index in [9.17, 15) is 9.59 Å². The van der Waals surface area contributed by atoms with Gasteiger partial charge in [0.25, 0.3) is 0 Å². The van der Waals surface area contributed by atoms with Crippen LogP contribution in [0.3, 0.4) is 0 Å². The minimum Gasteiger partial charge on any atom is -0.481 e. The summed E-state index contributed by atoms with van der Waals surface area (Å²) in [4.78, 5) is 21.8. The Morgan fingerprint density at radius 3 is 1.54 bits per heavy atom. The Kier molecular flexibility index (Phi) is 21.0. The molecule has 0 aromatic carbocycles. The highest BCUT2D eigenvalue weighted by Gasteiger charge is 2.21. The molecule has 4 nitrogen and oxygen atoms in total. The highest BCUT2D eigenvalue weighted by molar-refractivity contribution is 5.93. The summed E-state index contributed by atoms with van der Waals surface area (Å²) in [7, 11) is 0. The van der Waals surface area contributed by atoms with E-state index in [0.29, 0.717) is 6.61 Å². The van der Waals surface area contributed by atoms with Gasteiger partial charge >= 0.3 is 11.9 Å². The van der Waals surface area contributed by atoms with Gasteiger partial charge in [0, 0.05) is 0 Å². The van der Waals surface area contributed by atoms with Crippen molar-refractivity contribution >= 4 is 11.9 Å². The van der Waals surface area contributed by atoms with Crippen molar-refractivity contribution in [1.82, 2.24) is 0 Å². The van der Waals surface area contributed by atoms with Gasteiger partial charge < -0.3 is 9.84 Å². The van der Waals surface area contributed by atoms with Crippen molar-refractivity contribution in [3.05, 3.63) is 0 Å². The van der Waals surface area contributed by atoms with Gasteiger partial charge in [-0.3, -0.25) is 9.59 Å². The minimum absolute atomic E-state index is 0.340. The largest absolute Gasteiger partial charge is 0.481 e. The molecule has 0 aromatic rings. The van der Waals surface area contributed by atoms with E-state index < -0.39 is 17.9 Å². The standard InChI is InChI=1S/C16H30O4.C4H10/c1-3-4-5-6-7-8-9-10-11-12-13-20-16(19)14(2)15(17)18;1-3-4-2/h14H,3-13H2,1-2H3,(H,17,18);3-4H2,1-2H3. The fourth-order valence-electron chi connectivity index (χ4n) is 1.99. The first-order chi connectivity index (χ1) is 11.5. The van der Waals surface area contributed by atoms with Crippen LogP contribution < -0.4 is 0 Å². The Balaban J connectivity index is 0. The van der Waals surface area contributed by atoms with Crippen LogP contribution in [0.1, 0.15) is 105 Å². The van der Waals surface area contributed by atoms with Crippen LogP contribution in [-0.4, -0.2) is 23.7 Å². The highest BCUT2D eigenvalue weighted by atomic mass is 16.5. The van der Waals surface area contributed by atoms with E-state index in [1.165, 1.54) is 71.1 Å². The number of carboxylic acids is 1. The van der Waals surface area contributed by atoms with Gasteiger partial charge in [-0.15, -0.1) is 0 Å². The molecule has 0 saturated carbocycles. The van der Waals surface area contributed by atoms with Gasteiger partial charge in [0.15, 0.2) is 5.92 Å². The molecule has 144 valence electrons. The second-order valence-electron chi connectivity index (χ2n) is 6.41. The molecule has 0 bridgehead atoms. The van der Waals surface area contributed by atoms with Crippen LogP contribution in [0.15, 0.2) is 0 Å². The van der Waals surface area contributed by atoms with Gasteiger partial charge in [-0.05, 0) is 13.3 Å². The van der Waals surface area contributed by atoms with Crippen molar-refractivity contribution in [3.8, 4) is 0 Å². The normalized spacial score (nSPS) is 11.3. The zero-order valence-corrected chi connectivity index (χ0v) is 16.4. The number of rotatable bonds is 14. The molecule has 1 N–H and O–H groups in total. The third-order valence-electron chi connectivity index (χ3n) is 3.97. The first kappa shape index (κ1) is 25.2. The number of unbranched alkanes of at least 4 members (excludes halogenated alkanes) is 10. The van der Waals surface area contributed by atoms with Crippen molar-refractivity contribution in [3.63, 3.8) is 0 Å². The fourth-order valence-corrected chi connectivity index (χ4v) is 1.99. The van der Waals surface area contributed by atoms with Crippen LogP contribution in [0.5, 0.6) is 0 Å². The number of ether oxygens (including phenoxy) is 1. The maximum atomic E-state index is 11.2. The van der Waals surface area contributed by atoms with Gasteiger partial charge in [0.1, 0.15) is 0 Å².